The first-order valence-electron chi connectivity index (χ1n) is 7.84. The molecule has 1 aromatic rings. The molecule has 1 aliphatic rings. The lowest BCUT2D eigenvalue weighted by molar-refractivity contribution is 0.0921. The second-order valence-electron chi connectivity index (χ2n) is 5.79. The van der Waals surface area contributed by atoms with E-state index in [-0.39, 0.29) is 5.78 Å². The molecule has 0 spiro atoms. The summed E-state index contributed by atoms with van der Waals surface area (Å²) < 4.78 is 5.65. The highest BCUT2D eigenvalue weighted by Gasteiger charge is 2.17. The topological polar surface area (TPSA) is 41.6 Å². The summed E-state index contributed by atoms with van der Waals surface area (Å²) in [6.45, 7) is 11.2. The minimum absolute atomic E-state index is 0.196. The van der Waals surface area contributed by atoms with Gasteiger partial charge in [0.2, 0.25) is 0 Å². The van der Waals surface area contributed by atoms with E-state index in [4.69, 9.17) is 4.74 Å². The molecule has 1 aliphatic heterocycles. The summed E-state index contributed by atoms with van der Waals surface area (Å²) in [6.07, 6.45) is 0. The molecule has 2 rings (SSSR count). The number of nitrogens with zero attached hydrogens (tertiary/aromatic N) is 1. The van der Waals surface area contributed by atoms with Gasteiger partial charge in [-0.15, -0.1) is 0 Å². The quantitative estimate of drug-likeness (QED) is 0.816. The Labute approximate surface area is 127 Å². The largest absolute Gasteiger partial charge is 0.494 e. The molecule has 0 atom stereocenters. The summed E-state index contributed by atoms with van der Waals surface area (Å²) in [5.74, 6) is 1.44. The van der Waals surface area contributed by atoms with E-state index in [0.717, 1.165) is 43.1 Å². The molecule has 4 heteroatoms. The van der Waals surface area contributed by atoms with Gasteiger partial charge < -0.3 is 10.1 Å². The third kappa shape index (κ3) is 4.29. The number of hydrogen-bond acceptors (Lipinski definition) is 4. The Bertz CT molecular complexity index is 480. The van der Waals surface area contributed by atoms with Crippen molar-refractivity contribution in [2.45, 2.75) is 26.7 Å². The van der Waals surface area contributed by atoms with Gasteiger partial charge in [-0.1, -0.05) is 13.8 Å². The lowest BCUT2D eigenvalue weighted by Crippen LogP contribution is -2.45. The maximum Gasteiger partial charge on any atom is 0.176 e. The molecule has 21 heavy (non-hydrogen) atoms. The van der Waals surface area contributed by atoms with Crippen molar-refractivity contribution in [2.24, 2.45) is 0 Å². The molecule has 0 radical (unpaired) electrons. The van der Waals surface area contributed by atoms with Crippen LogP contribution in [0.15, 0.2) is 18.2 Å². The van der Waals surface area contributed by atoms with E-state index in [2.05, 4.69) is 24.1 Å². The average Bonchev–Trinajstić information content (AvgIpc) is 2.48. The third-order valence-electron chi connectivity index (χ3n) is 3.83. The number of hydrogen-bond donors (Lipinski definition) is 1. The zero-order chi connectivity index (χ0) is 15.2. The molecule has 1 N–H and O–H groups in total. The summed E-state index contributed by atoms with van der Waals surface area (Å²) in [4.78, 5) is 14.7. The Kier molecular flexibility index (Phi) is 5.76. The lowest BCUT2D eigenvalue weighted by atomic mass is 9.98. The average molecular weight is 290 g/mol. The summed E-state index contributed by atoms with van der Waals surface area (Å²) in [7, 11) is 0. The lowest BCUT2D eigenvalue weighted by Gasteiger charge is -2.26. The van der Waals surface area contributed by atoms with Crippen LogP contribution in [0, 0.1) is 0 Å². The van der Waals surface area contributed by atoms with E-state index >= 15 is 0 Å². The molecule has 0 aliphatic carbocycles. The maximum absolute atomic E-state index is 12.5. The van der Waals surface area contributed by atoms with Crippen LogP contribution in [0.5, 0.6) is 5.75 Å². The highest BCUT2D eigenvalue weighted by Crippen LogP contribution is 2.27. The van der Waals surface area contributed by atoms with Gasteiger partial charge in [0, 0.05) is 31.7 Å². The fourth-order valence-electron chi connectivity index (χ4n) is 2.62. The van der Waals surface area contributed by atoms with E-state index in [1.807, 2.05) is 25.1 Å². The molecular formula is C17H26N2O2. The van der Waals surface area contributed by atoms with Crippen molar-refractivity contribution in [3.05, 3.63) is 29.3 Å². The van der Waals surface area contributed by atoms with Crippen LogP contribution in [-0.4, -0.2) is 50.0 Å². The monoisotopic (exact) mass is 290 g/mol. The van der Waals surface area contributed by atoms with E-state index in [9.17, 15) is 4.79 Å². The number of piperazine rings is 1. The SMILES string of the molecule is CCOc1ccc(C(=O)CN2CCNCC2)cc1C(C)C. The Hall–Kier alpha value is -1.39. The van der Waals surface area contributed by atoms with Crippen molar-refractivity contribution in [3.8, 4) is 5.75 Å². The number of nitrogens with one attached hydrogen (secondary N) is 1. The Morgan fingerprint density at radius 2 is 2.05 bits per heavy atom. The van der Waals surface area contributed by atoms with Crippen LogP contribution in [0.2, 0.25) is 0 Å². The van der Waals surface area contributed by atoms with Crippen molar-refractivity contribution in [1.29, 1.82) is 0 Å². The number of rotatable bonds is 6. The molecule has 0 aromatic heterocycles. The van der Waals surface area contributed by atoms with E-state index in [1.54, 1.807) is 0 Å². The minimum atomic E-state index is 0.196. The van der Waals surface area contributed by atoms with Gasteiger partial charge in [0.05, 0.1) is 13.2 Å². The first kappa shape index (κ1) is 16.0. The molecule has 0 bridgehead atoms. The predicted molar refractivity (Wildman–Crippen MR) is 85.3 cm³/mol. The van der Waals surface area contributed by atoms with Crippen LogP contribution in [0.3, 0.4) is 0 Å². The van der Waals surface area contributed by atoms with Crippen LogP contribution in [0.1, 0.15) is 42.6 Å². The van der Waals surface area contributed by atoms with Crippen LogP contribution in [0.4, 0.5) is 0 Å². The van der Waals surface area contributed by atoms with Gasteiger partial charge >= 0.3 is 0 Å². The number of ether oxygens (including phenoxy) is 1. The molecule has 1 heterocycles. The molecule has 116 valence electrons. The van der Waals surface area contributed by atoms with Gasteiger partial charge in [-0.3, -0.25) is 9.69 Å². The first-order valence-corrected chi connectivity index (χ1v) is 7.84. The number of benzene rings is 1. The summed E-state index contributed by atoms with van der Waals surface area (Å²) in [6, 6.07) is 5.82. The maximum atomic E-state index is 12.5. The predicted octanol–water partition coefficient (Wildman–Crippen LogP) is 2.30. The molecule has 1 aromatic carbocycles. The molecule has 4 nitrogen and oxygen atoms in total. The summed E-state index contributed by atoms with van der Waals surface area (Å²) >= 11 is 0. The fourth-order valence-corrected chi connectivity index (χ4v) is 2.62. The molecule has 1 saturated heterocycles. The van der Waals surface area contributed by atoms with Gasteiger partial charge in [0.25, 0.3) is 0 Å². The van der Waals surface area contributed by atoms with Gasteiger partial charge in [0.15, 0.2) is 5.78 Å². The molecule has 1 fully saturated rings. The van der Waals surface area contributed by atoms with Crippen molar-refractivity contribution in [3.63, 3.8) is 0 Å². The van der Waals surface area contributed by atoms with Gasteiger partial charge in [-0.2, -0.15) is 0 Å². The van der Waals surface area contributed by atoms with E-state index in [0.29, 0.717) is 19.1 Å². The zero-order valence-electron chi connectivity index (χ0n) is 13.3. The van der Waals surface area contributed by atoms with Crippen molar-refractivity contribution in [1.82, 2.24) is 10.2 Å². The van der Waals surface area contributed by atoms with E-state index < -0.39 is 0 Å². The molecule has 0 unspecified atom stereocenters. The second kappa shape index (κ2) is 7.57. The van der Waals surface area contributed by atoms with Crippen LogP contribution in [0.25, 0.3) is 0 Å². The molecule has 0 amide bonds. The normalized spacial score (nSPS) is 16.2. The number of carbonyl (C=O) groups excluding carboxylic acids is 1. The highest BCUT2D eigenvalue weighted by molar-refractivity contribution is 5.98. The van der Waals surface area contributed by atoms with Gasteiger partial charge in [0.1, 0.15) is 5.75 Å². The van der Waals surface area contributed by atoms with E-state index in [1.165, 1.54) is 0 Å². The zero-order valence-corrected chi connectivity index (χ0v) is 13.3. The molecular weight excluding hydrogens is 264 g/mol. The van der Waals surface area contributed by atoms with Crippen LogP contribution < -0.4 is 10.1 Å². The van der Waals surface area contributed by atoms with Crippen molar-refractivity contribution < 1.29 is 9.53 Å². The van der Waals surface area contributed by atoms with Crippen molar-refractivity contribution >= 4 is 5.78 Å². The molecule has 0 saturated carbocycles. The standard InChI is InChI=1S/C17H26N2O2/c1-4-21-17-6-5-14(11-15(17)13(2)3)16(20)12-19-9-7-18-8-10-19/h5-6,11,13,18H,4,7-10,12H2,1-3H3. The summed E-state index contributed by atoms with van der Waals surface area (Å²) in [5, 5.41) is 3.30. The third-order valence-corrected chi connectivity index (χ3v) is 3.83. The Morgan fingerprint density at radius 3 is 2.67 bits per heavy atom. The fraction of sp³-hybridized carbons (Fsp3) is 0.588. The Balaban J connectivity index is 2.11. The number of carbonyl (C=O) groups is 1. The highest BCUT2D eigenvalue weighted by atomic mass is 16.5. The van der Waals surface area contributed by atoms with Crippen molar-refractivity contribution in [2.75, 3.05) is 39.3 Å². The second-order valence-corrected chi connectivity index (χ2v) is 5.79. The Morgan fingerprint density at radius 1 is 1.33 bits per heavy atom. The number of ketones is 1. The van der Waals surface area contributed by atoms with Gasteiger partial charge in [-0.25, -0.2) is 0 Å². The minimum Gasteiger partial charge on any atom is -0.494 e. The van der Waals surface area contributed by atoms with Crippen LogP contribution >= 0.6 is 0 Å². The summed E-state index contributed by atoms with van der Waals surface area (Å²) in [5.41, 5.74) is 1.91. The first-order chi connectivity index (χ1) is 10.1. The van der Waals surface area contributed by atoms with Crippen LogP contribution in [-0.2, 0) is 0 Å². The smallest absolute Gasteiger partial charge is 0.176 e. The van der Waals surface area contributed by atoms with Gasteiger partial charge in [-0.05, 0) is 36.6 Å². The number of Topliss-reactive ketones (excluding diaryl/α,β-unsaturated/α-hetero) is 1.